The van der Waals surface area contributed by atoms with Crippen molar-refractivity contribution in [3.05, 3.63) is 95.4 Å². The van der Waals surface area contributed by atoms with Gasteiger partial charge in [0, 0.05) is 54.2 Å². The number of amides is 1. The van der Waals surface area contributed by atoms with Crippen molar-refractivity contribution in [1.29, 1.82) is 5.26 Å². The quantitative estimate of drug-likeness (QED) is 0.278. The molecule has 4 rings (SSSR count). The van der Waals surface area contributed by atoms with Gasteiger partial charge in [-0.2, -0.15) is 5.26 Å². The van der Waals surface area contributed by atoms with Crippen LogP contribution in [0.1, 0.15) is 38.8 Å². The number of carbonyl (C=O) groups is 3. The number of ketones is 1. The smallest absolute Gasteiger partial charge is 0.326 e. The van der Waals surface area contributed by atoms with E-state index in [0.29, 0.717) is 27.8 Å². The molecule has 180 valence electrons. The summed E-state index contributed by atoms with van der Waals surface area (Å²) in [5, 5.41) is 9.66. The third-order valence-electron chi connectivity index (χ3n) is 5.78. The number of carbonyl (C=O) groups excluding carboxylic acids is 3. The highest BCUT2D eigenvalue weighted by atomic mass is 16.5. The number of nitriles is 1. The number of anilines is 1. The Hall–Kier alpha value is -4.77. The minimum absolute atomic E-state index is 0.0991. The summed E-state index contributed by atoms with van der Waals surface area (Å²) in [4.78, 5) is 44.3. The highest BCUT2D eigenvalue weighted by Gasteiger charge is 2.23. The van der Waals surface area contributed by atoms with Crippen LogP contribution in [-0.2, 0) is 23.0 Å². The monoisotopic (exact) mass is 480 g/mol. The Morgan fingerprint density at radius 2 is 1.89 bits per heavy atom. The first-order chi connectivity index (χ1) is 17.4. The van der Waals surface area contributed by atoms with Gasteiger partial charge in [0.2, 0.25) is 0 Å². The highest BCUT2D eigenvalue weighted by Crippen LogP contribution is 2.28. The zero-order chi connectivity index (χ0) is 25.7. The predicted molar refractivity (Wildman–Crippen MR) is 135 cm³/mol. The van der Waals surface area contributed by atoms with Crippen LogP contribution in [0.5, 0.6) is 0 Å². The standard InChI is InChI=1S/C28H24N4O4/c1-3-36-27(34)18-32(28(35)21-5-4-12-30-16-21)22-10-11-25-23(14-22)24(17-31(25)2)26(33)13-19-6-8-20(15-29)9-7-19/h4-12,14,16-17H,3,13,18H2,1-2H3. The van der Waals surface area contributed by atoms with Gasteiger partial charge in [-0.1, -0.05) is 12.1 Å². The number of nitrogens with zero attached hydrogens (tertiary/aromatic N) is 4. The number of aromatic nitrogens is 2. The summed E-state index contributed by atoms with van der Waals surface area (Å²) in [5.74, 6) is -1.05. The number of fused-ring (bicyclic) bond motifs is 1. The van der Waals surface area contributed by atoms with Gasteiger partial charge in [-0.05, 0) is 55.0 Å². The Bertz CT molecular complexity index is 1470. The van der Waals surface area contributed by atoms with Crippen molar-refractivity contribution in [1.82, 2.24) is 9.55 Å². The van der Waals surface area contributed by atoms with Crippen LogP contribution in [0.3, 0.4) is 0 Å². The average Bonchev–Trinajstić information content (AvgIpc) is 3.24. The molecule has 0 unspecified atom stereocenters. The van der Waals surface area contributed by atoms with Crippen molar-refractivity contribution in [3.63, 3.8) is 0 Å². The summed E-state index contributed by atoms with van der Waals surface area (Å²) >= 11 is 0. The van der Waals surface area contributed by atoms with Gasteiger partial charge < -0.3 is 9.30 Å². The Kier molecular flexibility index (Phi) is 7.21. The van der Waals surface area contributed by atoms with Gasteiger partial charge in [0.15, 0.2) is 5.78 Å². The molecule has 1 amide bonds. The molecule has 36 heavy (non-hydrogen) atoms. The Morgan fingerprint density at radius 3 is 2.56 bits per heavy atom. The van der Waals surface area contributed by atoms with E-state index in [1.54, 1.807) is 67.8 Å². The summed E-state index contributed by atoms with van der Waals surface area (Å²) in [5.41, 5.74) is 3.43. The lowest BCUT2D eigenvalue weighted by atomic mass is 10.0. The van der Waals surface area contributed by atoms with E-state index in [9.17, 15) is 14.4 Å². The fraction of sp³-hybridized carbons (Fsp3) is 0.179. The van der Waals surface area contributed by atoms with Crippen molar-refractivity contribution >= 4 is 34.3 Å². The lowest BCUT2D eigenvalue weighted by Gasteiger charge is -2.22. The number of aryl methyl sites for hydroxylation is 1. The first-order valence-electron chi connectivity index (χ1n) is 11.4. The maximum absolute atomic E-state index is 13.3. The minimum Gasteiger partial charge on any atom is -0.465 e. The molecule has 4 aromatic rings. The SMILES string of the molecule is CCOC(=O)CN(C(=O)c1cccnc1)c1ccc2c(c1)c(C(=O)Cc1ccc(C#N)cc1)cn2C. The van der Waals surface area contributed by atoms with Gasteiger partial charge in [-0.15, -0.1) is 0 Å². The lowest BCUT2D eigenvalue weighted by Crippen LogP contribution is -2.36. The second-order valence-corrected chi connectivity index (χ2v) is 8.20. The van der Waals surface area contributed by atoms with Crippen LogP contribution in [0.4, 0.5) is 5.69 Å². The number of rotatable bonds is 8. The highest BCUT2D eigenvalue weighted by molar-refractivity contribution is 6.12. The molecule has 0 fully saturated rings. The molecule has 0 aliphatic rings. The molecule has 2 aromatic heterocycles. The van der Waals surface area contributed by atoms with Crippen molar-refractivity contribution in [2.24, 2.45) is 7.05 Å². The van der Waals surface area contributed by atoms with E-state index in [-0.39, 0.29) is 25.4 Å². The fourth-order valence-electron chi connectivity index (χ4n) is 4.01. The summed E-state index contributed by atoms with van der Waals surface area (Å²) in [6.07, 6.45) is 4.93. The number of esters is 1. The van der Waals surface area contributed by atoms with Crippen LogP contribution >= 0.6 is 0 Å². The molecule has 0 radical (unpaired) electrons. The number of benzene rings is 2. The topological polar surface area (TPSA) is 105 Å². The largest absolute Gasteiger partial charge is 0.465 e. The molecule has 0 saturated carbocycles. The van der Waals surface area contributed by atoms with E-state index in [4.69, 9.17) is 10.00 Å². The second kappa shape index (κ2) is 10.7. The molecular formula is C28H24N4O4. The van der Waals surface area contributed by atoms with Crippen LogP contribution in [0.2, 0.25) is 0 Å². The van der Waals surface area contributed by atoms with Crippen molar-refractivity contribution in [2.75, 3.05) is 18.1 Å². The van der Waals surface area contributed by atoms with Crippen molar-refractivity contribution in [2.45, 2.75) is 13.3 Å². The maximum Gasteiger partial charge on any atom is 0.326 e. The Morgan fingerprint density at radius 1 is 1.11 bits per heavy atom. The van der Waals surface area contributed by atoms with Crippen LogP contribution in [0.15, 0.2) is 73.2 Å². The molecule has 8 heteroatoms. The van der Waals surface area contributed by atoms with Gasteiger partial charge in [-0.3, -0.25) is 24.3 Å². The van der Waals surface area contributed by atoms with Crippen molar-refractivity contribution in [3.8, 4) is 6.07 Å². The number of hydrogen-bond acceptors (Lipinski definition) is 6. The molecule has 0 aliphatic carbocycles. The summed E-state index contributed by atoms with van der Waals surface area (Å²) in [7, 11) is 1.84. The molecule has 0 spiro atoms. The second-order valence-electron chi connectivity index (χ2n) is 8.20. The Labute approximate surface area is 208 Å². The zero-order valence-electron chi connectivity index (χ0n) is 20.0. The molecule has 0 aliphatic heterocycles. The van der Waals surface area contributed by atoms with Crippen LogP contribution in [0, 0.1) is 11.3 Å². The molecule has 0 bridgehead atoms. The molecule has 2 aromatic carbocycles. The number of Topliss-reactive ketones (excluding diaryl/α,β-unsaturated/α-hetero) is 1. The summed E-state index contributed by atoms with van der Waals surface area (Å²) < 4.78 is 6.94. The number of hydrogen-bond donors (Lipinski definition) is 0. The third kappa shape index (κ3) is 5.15. The summed E-state index contributed by atoms with van der Waals surface area (Å²) in [6.45, 7) is 1.61. The minimum atomic E-state index is -0.542. The number of ether oxygens (including phenoxy) is 1. The normalized spacial score (nSPS) is 10.6. The van der Waals surface area contributed by atoms with E-state index in [1.807, 2.05) is 17.7 Å². The number of pyridine rings is 1. The Balaban J connectivity index is 1.72. The van der Waals surface area contributed by atoms with Gasteiger partial charge in [0.05, 0.1) is 23.8 Å². The van der Waals surface area contributed by atoms with Crippen LogP contribution in [-0.4, -0.2) is 40.4 Å². The molecule has 0 N–H and O–H groups in total. The first-order valence-corrected chi connectivity index (χ1v) is 11.4. The first kappa shape index (κ1) is 24.4. The van der Waals surface area contributed by atoms with Gasteiger partial charge in [0.25, 0.3) is 5.91 Å². The van der Waals surface area contributed by atoms with E-state index < -0.39 is 11.9 Å². The van der Waals surface area contributed by atoms with E-state index >= 15 is 0 Å². The average molecular weight is 481 g/mol. The lowest BCUT2D eigenvalue weighted by molar-refractivity contribution is -0.141. The van der Waals surface area contributed by atoms with Crippen LogP contribution < -0.4 is 4.90 Å². The fourth-order valence-corrected chi connectivity index (χ4v) is 4.01. The van der Waals surface area contributed by atoms with Gasteiger partial charge >= 0.3 is 5.97 Å². The van der Waals surface area contributed by atoms with Gasteiger partial charge in [0.1, 0.15) is 6.54 Å². The predicted octanol–water partition coefficient (Wildman–Crippen LogP) is 4.08. The molecule has 2 heterocycles. The third-order valence-corrected chi connectivity index (χ3v) is 5.78. The van der Waals surface area contributed by atoms with E-state index in [1.165, 1.54) is 11.1 Å². The van der Waals surface area contributed by atoms with Gasteiger partial charge in [-0.25, -0.2) is 0 Å². The molecule has 0 saturated heterocycles. The summed E-state index contributed by atoms with van der Waals surface area (Å²) in [6, 6.07) is 17.5. The molecule has 8 nitrogen and oxygen atoms in total. The molecular weight excluding hydrogens is 456 g/mol. The zero-order valence-corrected chi connectivity index (χ0v) is 20.0. The van der Waals surface area contributed by atoms with Crippen LogP contribution in [0.25, 0.3) is 10.9 Å². The molecule has 0 atom stereocenters. The van der Waals surface area contributed by atoms with E-state index in [2.05, 4.69) is 11.1 Å². The maximum atomic E-state index is 13.3. The van der Waals surface area contributed by atoms with E-state index in [0.717, 1.165) is 11.1 Å². The van der Waals surface area contributed by atoms with Crippen molar-refractivity contribution < 1.29 is 19.1 Å².